The van der Waals surface area contributed by atoms with Crippen LogP contribution in [0.2, 0.25) is 0 Å². The maximum atomic E-state index is 11.1. The van der Waals surface area contributed by atoms with E-state index in [9.17, 15) is 15.0 Å². The van der Waals surface area contributed by atoms with E-state index in [2.05, 4.69) is 4.74 Å². The second-order valence-corrected chi connectivity index (χ2v) is 2.75. The van der Waals surface area contributed by atoms with Crippen LogP contribution in [0.25, 0.3) is 0 Å². The molecule has 3 N–H and O–H groups in total. The minimum Gasteiger partial charge on any atom is -0.394 e. The zero-order valence-electron chi connectivity index (χ0n) is 7.08. The van der Waals surface area contributed by atoms with Gasteiger partial charge >= 0.3 is 0 Å². The van der Waals surface area contributed by atoms with Gasteiger partial charge < -0.3 is 24.8 Å². The summed E-state index contributed by atoms with van der Waals surface area (Å²) in [7, 11) is 1.26. The molecule has 4 atom stereocenters. The van der Waals surface area contributed by atoms with Crippen LogP contribution in [0.15, 0.2) is 0 Å². The van der Waals surface area contributed by atoms with E-state index in [1.165, 1.54) is 7.11 Å². The van der Waals surface area contributed by atoms with Gasteiger partial charge in [-0.25, -0.2) is 0 Å². The topological polar surface area (TPSA) is 96.2 Å². The molecule has 6 heteroatoms. The number of carbonyl (C=O) groups is 1. The third-order valence-electron chi connectivity index (χ3n) is 1.91. The van der Waals surface area contributed by atoms with Gasteiger partial charge in [0.25, 0.3) is 0 Å². The first-order chi connectivity index (χ1) is 6.11. The summed E-state index contributed by atoms with van der Waals surface area (Å²) in [4.78, 5) is 11.1. The van der Waals surface area contributed by atoms with Gasteiger partial charge in [0, 0.05) is 7.11 Å². The summed E-state index contributed by atoms with van der Waals surface area (Å²) < 4.78 is 9.53. The first-order valence-corrected chi connectivity index (χ1v) is 3.80. The Kier molecular flexibility index (Phi) is 3.34. The molecule has 6 nitrogen and oxygen atoms in total. The number of aliphatic hydroxyl groups is 3. The molecular weight excluding hydrogens is 180 g/mol. The highest BCUT2D eigenvalue weighted by atomic mass is 16.7. The van der Waals surface area contributed by atoms with Crippen LogP contribution in [0.1, 0.15) is 0 Å². The molecule has 1 unspecified atom stereocenters. The summed E-state index contributed by atoms with van der Waals surface area (Å²) in [5, 5.41) is 27.1. The fourth-order valence-electron chi connectivity index (χ4n) is 1.14. The molecule has 13 heavy (non-hydrogen) atoms. The van der Waals surface area contributed by atoms with Gasteiger partial charge in [-0.1, -0.05) is 0 Å². The molecule has 0 aliphatic carbocycles. The standard InChI is InChI=1S/C7H12O6/c1-12-7-6(11)5(10)4(9)3(2-8)13-7/h3-4,6-9,11H,2H2,1H3/t3?,4-,6+,7-/m1/s1. The molecule has 1 aliphatic heterocycles. The van der Waals surface area contributed by atoms with Gasteiger partial charge in [0.1, 0.15) is 12.2 Å². The number of ketones is 1. The van der Waals surface area contributed by atoms with Crippen LogP contribution < -0.4 is 0 Å². The normalized spacial score (nSPS) is 40.8. The van der Waals surface area contributed by atoms with Crippen LogP contribution in [0.4, 0.5) is 0 Å². The van der Waals surface area contributed by atoms with Crippen molar-refractivity contribution < 1.29 is 29.6 Å². The maximum Gasteiger partial charge on any atom is 0.197 e. The Balaban J connectivity index is 2.72. The van der Waals surface area contributed by atoms with Crippen molar-refractivity contribution in [2.75, 3.05) is 13.7 Å². The number of aliphatic hydroxyl groups excluding tert-OH is 3. The summed E-state index contributed by atoms with van der Waals surface area (Å²) in [6.07, 6.45) is -5.14. The van der Waals surface area contributed by atoms with Crippen molar-refractivity contribution in [3.8, 4) is 0 Å². The molecule has 76 valence electrons. The molecule has 0 aromatic carbocycles. The molecule has 0 saturated carbocycles. The van der Waals surface area contributed by atoms with Crippen molar-refractivity contribution in [2.24, 2.45) is 0 Å². The lowest BCUT2D eigenvalue weighted by Gasteiger charge is -2.34. The van der Waals surface area contributed by atoms with Gasteiger partial charge in [-0.05, 0) is 0 Å². The van der Waals surface area contributed by atoms with E-state index < -0.39 is 37.0 Å². The number of methoxy groups -OCH3 is 1. The zero-order valence-corrected chi connectivity index (χ0v) is 7.08. The van der Waals surface area contributed by atoms with Crippen molar-refractivity contribution in [3.05, 3.63) is 0 Å². The minimum absolute atomic E-state index is 0.501. The largest absolute Gasteiger partial charge is 0.394 e. The number of Topliss-reactive ketones (excluding diaryl/α,β-unsaturated/α-hetero) is 1. The maximum absolute atomic E-state index is 11.1. The molecule has 1 rings (SSSR count). The Morgan fingerprint density at radius 3 is 2.54 bits per heavy atom. The highest BCUT2D eigenvalue weighted by molar-refractivity contribution is 5.88. The summed E-state index contributed by atoms with van der Waals surface area (Å²) in [6, 6.07) is 0. The van der Waals surface area contributed by atoms with Gasteiger partial charge in [0.05, 0.1) is 6.61 Å². The summed E-state index contributed by atoms with van der Waals surface area (Å²) >= 11 is 0. The smallest absolute Gasteiger partial charge is 0.197 e. The molecule has 0 spiro atoms. The Bertz CT molecular complexity index is 175. The van der Waals surface area contributed by atoms with Crippen LogP contribution in [0.5, 0.6) is 0 Å². The molecule has 1 fully saturated rings. The lowest BCUT2D eigenvalue weighted by atomic mass is 10.0. The second-order valence-electron chi connectivity index (χ2n) is 2.75. The molecule has 0 amide bonds. The number of ether oxygens (including phenoxy) is 2. The average molecular weight is 192 g/mol. The Morgan fingerprint density at radius 2 is 2.08 bits per heavy atom. The SMILES string of the molecule is CO[C@@H]1OC(CO)[C@@H](O)C(=O)[C@@H]1O. The fraction of sp³-hybridized carbons (Fsp3) is 0.857. The Morgan fingerprint density at radius 1 is 1.46 bits per heavy atom. The first-order valence-electron chi connectivity index (χ1n) is 3.80. The average Bonchev–Trinajstić information content (AvgIpc) is 2.15. The highest BCUT2D eigenvalue weighted by Gasteiger charge is 2.43. The molecule has 1 heterocycles. The quantitative estimate of drug-likeness (QED) is 0.453. The van der Waals surface area contributed by atoms with E-state index >= 15 is 0 Å². The van der Waals surface area contributed by atoms with E-state index in [1.54, 1.807) is 0 Å². The number of rotatable bonds is 2. The summed E-state index contributed by atoms with van der Waals surface area (Å²) in [6.45, 7) is -0.501. The Hall–Kier alpha value is -0.530. The van der Waals surface area contributed by atoms with Gasteiger partial charge in [0.2, 0.25) is 0 Å². The monoisotopic (exact) mass is 192 g/mol. The van der Waals surface area contributed by atoms with E-state index in [-0.39, 0.29) is 0 Å². The highest BCUT2D eigenvalue weighted by Crippen LogP contribution is 2.17. The van der Waals surface area contributed by atoms with Crippen molar-refractivity contribution in [3.63, 3.8) is 0 Å². The van der Waals surface area contributed by atoms with E-state index in [1.807, 2.05) is 0 Å². The summed E-state index contributed by atoms with van der Waals surface area (Å²) in [5.74, 6) is -0.794. The lowest BCUT2D eigenvalue weighted by Crippen LogP contribution is -2.56. The van der Waals surface area contributed by atoms with Crippen molar-refractivity contribution in [2.45, 2.75) is 24.6 Å². The third kappa shape index (κ3) is 1.87. The van der Waals surface area contributed by atoms with E-state index in [0.29, 0.717) is 0 Å². The van der Waals surface area contributed by atoms with Crippen molar-refractivity contribution >= 4 is 5.78 Å². The zero-order chi connectivity index (χ0) is 10.0. The van der Waals surface area contributed by atoms with Gasteiger partial charge in [-0.2, -0.15) is 0 Å². The lowest BCUT2D eigenvalue weighted by molar-refractivity contribution is -0.247. The van der Waals surface area contributed by atoms with Gasteiger partial charge in [-0.15, -0.1) is 0 Å². The molecule has 0 aromatic rings. The van der Waals surface area contributed by atoms with Gasteiger partial charge in [0.15, 0.2) is 18.2 Å². The van der Waals surface area contributed by atoms with Crippen LogP contribution >= 0.6 is 0 Å². The van der Waals surface area contributed by atoms with E-state index in [0.717, 1.165) is 0 Å². The number of carbonyl (C=O) groups excluding carboxylic acids is 1. The number of hydrogen-bond donors (Lipinski definition) is 3. The predicted molar refractivity (Wildman–Crippen MR) is 39.8 cm³/mol. The van der Waals surface area contributed by atoms with Crippen LogP contribution in [-0.2, 0) is 14.3 Å². The third-order valence-corrected chi connectivity index (χ3v) is 1.91. The molecule has 0 aromatic heterocycles. The molecule has 1 saturated heterocycles. The molecular formula is C7H12O6. The van der Waals surface area contributed by atoms with Crippen molar-refractivity contribution in [1.29, 1.82) is 0 Å². The molecule has 1 aliphatic rings. The van der Waals surface area contributed by atoms with Gasteiger partial charge in [-0.3, -0.25) is 4.79 Å². The minimum atomic E-state index is -1.50. The second kappa shape index (κ2) is 4.12. The van der Waals surface area contributed by atoms with Crippen LogP contribution in [-0.4, -0.2) is 59.4 Å². The van der Waals surface area contributed by atoms with Crippen molar-refractivity contribution in [1.82, 2.24) is 0 Å². The van der Waals surface area contributed by atoms with Crippen LogP contribution in [0.3, 0.4) is 0 Å². The Labute approximate surface area is 74.7 Å². The predicted octanol–water partition coefficient (Wildman–Crippen LogP) is -2.36. The summed E-state index contributed by atoms with van der Waals surface area (Å²) in [5.41, 5.74) is 0. The van der Waals surface area contributed by atoms with E-state index in [4.69, 9.17) is 9.84 Å². The fourth-order valence-corrected chi connectivity index (χ4v) is 1.14. The molecule has 0 radical (unpaired) electrons. The first kappa shape index (κ1) is 10.6. The number of hydrogen-bond acceptors (Lipinski definition) is 6. The van der Waals surface area contributed by atoms with Crippen LogP contribution in [0, 0.1) is 0 Å². The molecule has 0 bridgehead atoms.